The largest absolute Gasteiger partial charge is 0.399 e. The van der Waals surface area contributed by atoms with E-state index in [2.05, 4.69) is 9.97 Å². The van der Waals surface area contributed by atoms with Crippen LogP contribution in [0.25, 0.3) is 11.0 Å². The number of aromatic amines is 1. The summed E-state index contributed by atoms with van der Waals surface area (Å²) in [5.74, 6) is 0.238. The zero-order valence-corrected chi connectivity index (χ0v) is 12.3. The first kappa shape index (κ1) is 14.0. The van der Waals surface area contributed by atoms with Crippen molar-refractivity contribution in [2.75, 3.05) is 5.73 Å². The molecular weight excluding hydrogens is 313 g/mol. The lowest BCUT2D eigenvalue weighted by Crippen LogP contribution is -1.98. The Balaban J connectivity index is 1.87. The molecule has 0 bridgehead atoms. The summed E-state index contributed by atoms with van der Waals surface area (Å²) in [7, 11) is -1.36. The van der Waals surface area contributed by atoms with E-state index < -0.39 is 16.6 Å². The number of rotatable bonds is 3. The summed E-state index contributed by atoms with van der Waals surface area (Å²) < 4.78 is 25.4. The van der Waals surface area contributed by atoms with Gasteiger partial charge in [0.05, 0.1) is 32.6 Å². The highest BCUT2D eigenvalue weighted by Crippen LogP contribution is 2.21. The van der Waals surface area contributed by atoms with E-state index in [0.717, 1.165) is 11.0 Å². The summed E-state index contributed by atoms with van der Waals surface area (Å²) in [4.78, 5) is 7.88. The average molecular weight is 324 g/mol. The van der Waals surface area contributed by atoms with Crippen LogP contribution in [0.15, 0.2) is 41.3 Å². The van der Waals surface area contributed by atoms with Crippen LogP contribution in [0.5, 0.6) is 0 Å². The van der Waals surface area contributed by atoms with Gasteiger partial charge >= 0.3 is 0 Å². The van der Waals surface area contributed by atoms with Gasteiger partial charge in [0.25, 0.3) is 0 Å². The van der Waals surface area contributed by atoms with Crippen LogP contribution < -0.4 is 5.73 Å². The Morgan fingerprint density at radius 3 is 2.86 bits per heavy atom. The Hall–Kier alpha value is -1.92. The molecule has 3 aromatic rings. The number of nitrogens with two attached hydrogens (primary N) is 1. The summed E-state index contributed by atoms with van der Waals surface area (Å²) >= 11 is 5.70. The normalized spacial score (nSPS) is 12.7. The van der Waals surface area contributed by atoms with Gasteiger partial charge in [-0.2, -0.15) is 0 Å². The lowest BCUT2D eigenvalue weighted by Gasteiger charge is -2.01. The number of hydrogen-bond acceptors (Lipinski definition) is 3. The molecule has 0 spiro atoms. The van der Waals surface area contributed by atoms with Gasteiger partial charge in [-0.25, -0.2) is 9.37 Å². The third-order valence-corrected chi connectivity index (χ3v) is 4.58. The quantitative estimate of drug-likeness (QED) is 0.727. The molecule has 0 aliphatic rings. The zero-order chi connectivity index (χ0) is 15.0. The molecule has 1 unspecified atom stereocenters. The number of halogens is 2. The van der Waals surface area contributed by atoms with Crippen LogP contribution in [-0.2, 0) is 16.6 Å². The van der Waals surface area contributed by atoms with Crippen molar-refractivity contribution in [3.8, 4) is 0 Å². The number of benzene rings is 2. The van der Waals surface area contributed by atoms with Crippen LogP contribution in [-0.4, -0.2) is 14.2 Å². The van der Waals surface area contributed by atoms with Crippen molar-refractivity contribution in [2.45, 2.75) is 10.6 Å². The second-order valence-corrected chi connectivity index (χ2v) is 6.38. The maximum atomic E-state index is 13.1. The zero-order valence-electron chi connectivity index (χ0n) is 10.8. The topological polar surface area (TPSA) is 71.8 Å². The smallest absolute Gasteiger partial charge is 0.141 e. The second kappa shape index (κ2) is 5.46. The molecular formula is C14H11ClFN3OS. The molecule has 108 valence electrons. The summed E-state index contributed by atoms with van der Waals surface area (Å²) in [5, 5.41) is -0.0433. The number of anilines is 1. The average Bonchev–Trinajstić information content (AvgIpc) is 2.83. The molecule has 21 heavy (non-hydrogen) atoms. The van der Waals surface area contributed by atoms with Crippen molar-refractivity contribution >= 4 is 39.1 Å². The Bertz CT molecular complexity index is 849. The van der Waals surface area contributed by atoms with Gasteiger partial charge in [0.2, 0.25) is 0 Å². The van der Waals surface area contributed by atoms with E-state index >= 15 is 0 Å². The predicted molar refractivity (Wildman–Crippen MR) is 82.0 cm³/mol. The minimum Gasteiger partial charge on any atom is -0.399 e. The van der Waals surface area contributed by atoms with Crippen molar-refractivity contribution in [1.82, 2.24) is 9.97 Å². The summed E-state index contributed by atoms with van der Waals surface area (Å²) in [6.07, 6.45) is 0. The first-order valence-corrected chi connectivity index (χ1v) is 7.80. The number of hydrogen-bond donors (Lipinski definition) is 2. The van der Waals surface area contributed by atoms with Gasteiger partial charge in [0.15, 0.2) is 0 Å². The minimum absolute atomic E-state index is 0.0433. The lowest BCUT2D eigenvalue weighted by atomic mass is 10.3. The fraction of sp³-hybridized carbons (Fsp3) is 0.0714. The third-order valence-electron chi connectivity index (χ3n) is 2.98. The van der Waals surface area contributed by atoms with Crippen molar-refractivity contribution in [2.24, 2.45) is 0 Å². The van der Waals surface area contributed by atoms with Crippen molar-refractivity contribution in [1.29, 1.82) is 0 Å². The molecule has 1 atom stereocenters. The van der Waals surface area contributed by atoms with Crippen LogP contribution >= 0.6 is 11.6 Å². The number of aromatic nitrogens is 2. The number of imidazole rings is 1. The Kier molecular flexibility index (Phi) is 3.65. The molecule has 1 aromatic heterocycles. The Morgan fingerprint density at radius 1 is 1.29 bits per heavy atom. The van der Waals surface area contributed by atoms with Gasteiger partial charge in [0.1, 0.15) is 11.6 Å². The van der Waals surface area contributed by atoms with Crippen LogP contribution in [0.2, 0.25) is 5.02 Å². The van der Waals surface area contributed by atoms with Gasteiger partial charge in [-0.05, 0) is 36.4 Å². The second-order valence-electron chi connectivity index (χ2n) is 4.53. The molecule has 0 amide bonds. The molecule has 4 nitrogen and oxygen atoms in total. The standard InChI is InChI=1S/C14H11ClFN3OS/c15-10-6-9(2-3-11(10)16)21(20)7-14-18-12-4-1-8(17)5-13(12)19-14/h1-6H,7,17H2,(H,18,19). The molecule has 0 radical (unpaired) electrons. The van der Waals surface area contributed by atoms with Crippen LogP contribution in [0, 0.1) is 5.82 Å². The van der Waals surface area contributed by atoms with E-state index in [0.29, 0.717) is 16.4 Å². The summed E-state index contributed by atoms with van der Waals surface area (Å²) in [6, 6.07) is 9.34. The number of fused-ring (bicyclic) bond motifs is 1. The highest BCUT2D eigenvalue weighted by Gasteiger charge is 2.11. The van der Waals surface area contributed by atoms with Crippen molar-refractivity contribution in [3.63, 3.8) is 0 Å². The number of nitrogen functional groups attached to an aromatic ring is 1. The monoisotopic (exact) mass is 323 g/mol. The molecule has 0 saturated carbocycles. The van der Waals surface area contributed by atoms with Crippen LogP contribution in [0.1, 0.15) is 5.82 Å². The third kappa shape index (κ3) is 2.91. The molecule has 0 aliphatic heterocycles. The van der Waals surface area contributed by atoms with Crippen LogP contribution in [0.3, 0.4) is 0 Å². The molecule has 3 N–H and O–H groups in total. The van der Waals surface area contributed by atoms with Gasteiger partial charge < -0.3 is 10.7 Å². The molecule has 0 fully saturated rings. The van der Waals surface area contributed by atoms with Crippen molar-refractivity contribution < 1.29 is 8.60 Å². The number of H-pyrrole nitrogens is 1. The molecule has 2 aromatic carbocycles. The first-order valence-electron chi connectivity index (χ1n) is 6.10. The minimum atomic E-state index is -1.36. The fourth-order valence-electron chi connectivity index (χ4n) is 1.97. The van der Waals surface area contributed by atoms with E-state index in [4.69, 9.17) is 17.3 Å². The van der Waals surface area contributed by atoms with E-state index in [1.807, 2.05) is 0 Å². The van der Waals surface area contributed by atoms with E-state index in [1.54, 1.807) is 18.2 Å². The highest BCUT2D eigenvalue weighted by atomic mass is 35.5. The molecule has 1 heterocycles. The predicted octanol–water partition coefficient (Wildman–Crippen LogP) is 3.25. The summed E-state index contributed by atoms with van der Waals surface area (Å²) in [6.45, 7) is 0. The molecule has 0 aliphatic carbocycles. The SMILES string of the molecule is Nc1ccc2nc(CS(=O)c3ccc(F)c(Cl)c3)[nH]c2c1. The Labute approximate surface area is 127 Å². The maximum Gasteiger partial charge on any atom is 0.141 e. The van der Waals surface area contributed by atoms with E-state index in [9.17, 15) is 8.60 Å². The Morgan fingerprint density at radius 2 is 2.10 bits per heavy atom. The van der Waals surface area contributed by atoms with Gasteiger partial charge in [0, 0.05) is 10.6 Å². The first-order chi connectivity index (χ1) is 10.0. The molecule has 7 heteroatoms. The van der Waals surface area contributed by atoms with E-state index in [1.165, 1.54) is 18.2 Å². The lowest BCUT2D eigenvalue weighted by molar-refractivity contribution is 0.626. The maximum absolute atomic E-state index is 13.1. The van der Waals surface area contributed by atoms with Crippen molar-refractivity contribution in [3.05, 3.63) is 53.1 Å². The van der Waals surface area contributed by atoms with Crippen LogP contribution in [0.4, 0.5) is 10.1 Å². The molecule has 3 rings (SSSR count). The number of nitrogens with zero attached hydrogens (tertiary/aromatic N) is 1. The molecule has 0 saturated heterocycles. The fourth-order valence-corrected chi connectivity index (χ4v) is 3.24. The number of nitrogens with one attached hydrogen (secondary N) is 1. The highest BCUT2D eigenvalue weighted by molar-refractivity contribution is 7.84. The van der Waals surface area contributed by atoms with Gasteiger partial charge in [-0.1, -0.05) is 11.6 Å². The van der Waals surface area contributed by atoms with Gasteiger partial charge in [-0.3, -0.25) is 4.21 Å². The summed E-state index contributed by atoms with van der Waals surface area (Å²) in [5.41, 5.74) is 7.88. The van der Waals surface area contributed by atoms with Gasteiger partial charge in [-0.15, -0.1) is 0 Å². The van der Waals surface area contributed by atoms with E-state index in [-0.39, 0.29) is 10.8 Å².